The van der Waals surface area contributed by atoms with Crippen LogP contribution in [0.4, 0.5) is 5.69 Å². The van der Waals surface area contributed by atoms with E-state index in [9.17, 15) is 4.79 Å². The number of anilines is 1. The van der Waals surface area contributed by atoms with Gasteiger partial charge in [0.1, 0.15) is 0 Å². The average Bonchev–Trinajstić information content (AvgIpc) is 2.69. The molecule has 142 valence electrons. The van der Waals surface area contributed by atoms with E-state index in [4.69, 9.17) is 11.6 Å². The number of aryl methyl sites for hydroxylation is 1. The van der Waals surface area contributed by atoms with Gasteiger partial charge in [-0.3, -0.25) is 9.69 Å². The molecule has 1 aliphatic heterocycles. The van der Waals surface area contributed by atoms with Gasteiger partial charge >= 0.3 is 0 Å². The summed E-state index contributed by atoms with van der Waals surface area (Å²) >= 11 is 6.31. The van der Waals surface area contributed by atoms with Crippen LogP contribution in [0.1, 0.15) is 30.0 Å². The lowest BCUT2D eigenvalue weighted by Gasteiger charge is -2.36. The van der Waals surface area contributed by atoms with Crippen LogP contribution >= 0.6 is 11.6 Å². The number of hydrogen-bond acceptors (Lipinski definition) is 3. The van der Waals surface area contributed by atoms with Gasteiger partial charge < -0.3 is 10.2 Å². The largest absolute Gasteiger partial charge is 0.368 e. The lowest BCUT2D eigenvalue weighted by atomic mass is 9.88. The molecule has 5 heteroatoms. The quantitative estimate of drug-likeness (QED) is 0.875. The van der Waals surface area contributed by atoms with E-state index in [1.54, 1.807) is 0 Å². The van der Waals surface area contributed by atoms with Crippen molar-refractivity contribution in [2.24, 2.45) is 0 Å². The number of fused-ring (bicyclic) bond motifs is 1. The first-order valence-electron chi connectivity index (χ1n) is 9.80. The van der Waals surface area contributed by atoms with Crippen molar-refractivity contribution in [1.29, 1.82) is 0 Å². The monoisotopic (exact) mass is 383 g/mol. The number of halogens is 1. The van der Waals surface area contributed by atoms with Crippen LogP contribution in [0.2, 0.25) is 5.02 Å². The van der Waals surface area contributed by atoms with E-state index >= 15 is 0 Å². The number of rotatable bonds is 4. The Morgan fingerprint density at radius 2 is 1.78 bits per heavy atom. The second kappa shape index (κ2) is 8.32. The minimum Gasteiger partial charge on any atom is -0.368 e. The zero-order valence-electron chi connectivity index (χ0n) is 15.5. The van der Waals surface area contributed by atoms with Gasteiger partial charge in [0.05, 0.1) is 23.3 Å². The third-order valence-corrected chi connectivity index (χ3v) is 5.96. The van der Waals surface area contributed by atoms with Crippen molar-refractivity contribution in [2.45, 2.75) is 25.3 Å². The van der Waals surface area contributed by atoms with Gasteiger partial charge in [-0.1, -0.05) is 48.0 Å². The number of benzene rings is 2. The van der Waals surface area contributed by atoms with Crippen LogP contribution < -0.4 is 10.2 Å². The average molecular weight is 384 g/mol. The molecule has 1 amide bonds. The first kappa shape index (κ1) is 18.3. The number of hydrogen-bond donors (Lipinski definition) is 1. The molecule has 4 rings (SSSR count). The van der Waals surface area contributed by atoms with Crippen LogP contribution in [-0.4, -0.2) is 43.5 Å². The van der Waals surface area contributed by atoms with Gasteiger partial charge in [0.25, 0.3) is 0 Å². The van der Waals surface area contributed by atoms with Gasteiger partial charge in [0, 0.05) is 26.2 Å². The molecule has 2 aliphatic rings. The van der Waals surface area contributed by atoms with E-state index < -0.39 is 0 Å². The van der Waals surface area contributed by atoms with Gasteiger partial charge in [0.15, 0.2) is 0 Å². The number of piperazine rings is 1. The predicted octanol–water partition coefficient (Wildman–Crippen LogP) is 3.66. The van der Waals surface area contributed by atoms with Crippen molar-refractivity contribution in [1.82, 2.24) is 10.2 Å². The number of nitrogens with one attached hydrogen (secondary N) is 1. The number of amides is 1. The maximum atomic E-state index is 12.6. The van der Waals surface area contributed by atoms with E-state index in [0.717, 1.165) is 56.2 Å². The van der Waals surface area contributed by atoms with Crippen LogP contribution in [-0.2, 0) is 11.2 Å². The third-order valence-electron chi connectivity index (χ3n) is 5.64. The lowest BCUT2D eigenvalue weighted by molar-refractivity contribution is -0.123. The summed E-state index contributed by atoms with van der Waals surface area (Å²) in [5, 5.41) is 4.05. The van der Waals surface area contributed by atoms with Crippen LogP contribution in [0.3, 0.4) is 0 Å². The molecule has 0 radical (unpaired) electrons. The fraction of sp³-hybridized carbons (Fsp3) is 0.409. The Morgan fingerprint density at radius 1 is 1.04 bits per heavy atom. The van der Waals surface area contributed by atoms with Crippen molar-refractivity contribution >= 4 is 23.2 Å². The highest BCUT2D eigenvalue weighted by Crippen LogP contribution is 2.29. The van der Waals surface area contributed by atoms with Gasteiger partial charge in [-0.25, -0.2) is 0 Å². The molecule has 2 aromatic rings. The minimum atomic E-state index is 0.128. The number of carbonyl (C=O) groups excluding carboxylic acids is 1. The molecule has 4 nitrogen and oxygen atoms in total. The van der Waals surface area contributed by atoms with E-state index in [0.29, 0.717) is 6.54 Å². The Morgan fingerprint density at radius 3 is 2.59 bits per heavy atom. The molecule has 2 aromatic carbocycles. The van der Waals surface area contributed by atoms with Crippen molar-refractivity contribution < 1.29 is 4.79 Å². The highest BCUT2D eigenvalue weighted by atomic mass is 35.5. The molecule has 0 aromatic heterocycles. The minimum absolute atomic E-state index is 0.128. The molecular formula is C22H26ClN3O. The molecule has 0 spiro atoms. The molecule has 1 atom stereocenters. The number of carbonyl (C=O) groups is 1. The standard InChI is InChI=1S/C22H26ClN3O/c23-19-9-3-4-11-21(19)26-14-12-25(13-15-26)16-22(27)24-20-10-5-7-17-6-1-2-8-18(17)20/h1-4,6,8-9,11,20H,5,7,10,12-16H2,(H,24,27)/t20-/m1/s1. The van der Waals surface area contributed by atoms with Crippen LogP contribution in [0.15, 0.2) is 48.5 Å². The molecule has 1 fully saturated rings. The Balaban J connectivity index is 1.30. The van der Waals surface area contributed by atoms with E-state index in [-0.39, 0.29) is 11.9 Å². The Bertz CT molecular complexity index is 802. The maximum absolute atomic E-state index is 12.6. The highest BCUT2D eigenvalue weighted by Gasteiger charge is 2.24. The van der Waals surface area contributed by atoms with Crippen LogP contribution in [0.5, 0.6) is 0 Å². The topological polar surface area (TPSA) is 35.6 Å². The Hall–Kier alpha value is -2.04. The number of nitrogens with zero attached hydrogens (tertiary/aromatic N) is 2. The summed E-state index contributed by atoms with van der Waals surface area (Å²) in [5.74, 6) is 0.128. The van der Waals surface area contributed by atoms with E-state index in [2.05, 4.69) is 45.4 Å². The summed E-state index contributed by atoms with van der Waals surface area (Å²) in [7, 11) is 0. The molecule has 1 N–H and O–H groups in total. The van der Waals surface area contributed by atoms with E-state index in [1.807, 2.05) is 18.2 Å². The van der Waals surface area contributed by atoms with Crippen molar-refractivity contribution in [3.63, 3.8) is 0 Å². The smallest absolute Gasteiger partial charge is 0.234 e. The van der Waals surface area contributed by atoms with Crippen LogP contribution in [0.25, 0.3) is 0 Å². The van der Waals surface area contributed by atoms with Crippen molar-refractivity contribution in [2.75, 3.05) is 37.6 Å². The first-order valence-corrected chi connectivity index (χ1v) is 10.2. The zero-order chi connectivity index (χ0) is 18.6. The summed E-state index contributed by atoms with van der Waals surface area (Å²) in [6, 6.07) is 16.6. The second-order valence-electron chi connectivity index (χ2n) is 7.43. The molecule has 0 unspecified atom stereocenters. The molecule has 0 bridgehead atoms. The maximum Gasteiger partial charge on any atom is 0.234 e. The third kappa shape index (κ3) is 4.28. The van der Waals surface area contributed by atoms with Gasteiger partial charge in [-0.2, -0.15) is 0 Å². The second-order valence-corrected chi connectivity index (χ2v) is 7.83. The van der Waals surface area contributed by atoms with Gasteiger partial charge in [-0.05, 0) is 42.5 Å². The van der Waals surface area contributed by atoms with Crippen LogP contribution in [0, 0.1) is 0 Å². The lowest BCUT2D eigenvalue weighted by Crippen LogP contribution is -2.50. The molecule has 1 saturated heterocycles. The molecular weight excluding hydrogens is 358 g/mol. The first-order chi connectivity index (χ1) is 13.2. The fourth-order valence-corrected chi connectivity index (χ4v) is 4.46. The summed E-state index contributed by atoms with van der Waals surface area (Å²) in [6.07, 6.45) is 3.29. The molecule has 27 heavy (non-hydrogen) atoms. The summed E-state index contributed by atoms with van der Waals surface area (Å²) in [6.45, 7) is 4.00. The Kier molecular flexibility index (Phi) is 5.65. The van der Waals surface area contributed by atoms with Crippen molar-refractivity contribution in [3.05, 3.63) is 64.7 Å². The molecule has 0 saturated carbocycles. The number of para-hydroxylation sites is 1. The van der Waals surface area contributed by atoms with E-state index in [1.165, 1.54) is 11.1 Å². The zero-order valence-corrected chi connectivity index (χ0v) is 16.3. The molecule has 1 aliphatic carbocycles. The normalized spacial score (nSPS) is 20.2. The SMILES string of the molecule is O=C(CN1CCN(c2ccccc2Cl)CC1)N[C@@H]1CCCc2ccccc21. The summed E-state index contributed by atoms with van der Waals surface area (Å²) in [5.41, 5.74) is 3.75. The fourth-order valence-electron chi connectivity index (χ4n) is 4.20. The van der Waals surface area contributed by atoms with Gasteiger partial charge in [0.2, 0.25) is 5.91 Å². The summed E-state index contributed by atoms with van der Waals surface area (Å²) < 4.78 is 0. The van der Waals surface area contributed by atoms with Crippen molar-refractivity contribution in [3.8, 4) is 0 Å². The highest BCUT2D eigenvalue weighted by molar-refractivity contribution is 6.33. The summed E-state index contributed by atoms with van der Waals surface area (Å²) in [4.78, 5) is 17.1. The molecule has 1 heterocycles. The Labute approximate surface area is 166 Å². The predicted molar refractivity (Wildman–Crippen MR) is 110 cm³/mol. The van der Waals surface area contributed by atoms with Gasteiger partial charge in [-0.15, -0.1) is 0 Å².